The molecule has 0 unspecified atom stereocenters. The van der Waals surface area contributed by atoms with Crippen LogP contribution in [0.5, 0.6) is 0 Å². The van der Waals surface area contributed by atoms with Gasteiger partial charge in [0.05, 0.1) is 5.56 Å². The number of hydrogen-bond acceptors (Lipinski definition) is 3. The van der Waals surface area contributed by atoms with E-state index in [4.69, 9.17) is 5.26 Å². The van der Waals surface area contributed by atoms with Crippen LogP contribution in [0, 0.1) is 11.3 Å². The summed E-state index contributed by atoms with van der Waals surface area (Å²) >= 11 is 0. The van der Waals surface area contributed by atoms with Gasteiger partial charge in [-0.15, -0.1) is 10.2 Å². The maximum Gasteiger partial charge on any atom is 0.160 e. The fourth-order valence-corrected chi connectivity index (χ4v) is 1.90. The molecule has 0 saturated carbocycles. The average Bonchev–Trinajstić information content (AvgIpc) is 2.82. The van der Waals surface area contributed by atoms with Crippen LogP contribution in [0.2, 0.25) is 0 Å². The summed E-state index contributed by atoms with van der Waals surface area (Å²) in [6, 6.07) is 15.8. The maximum atomic E-state index is 8.91. The molecule has 1 aromatic carbocycles. The molecule has 0 N–H and O–H groups in total. The number of fused-ring (bicyclic) bond motifs is 1. The van der Waals surface area contributed by atoms with Crippen LogP contribution in [0.4, 0.5) is 0 Å². The van der Waals surface area contributed by atoms with Crippen LogP contribution in [0.25, 0.3) is 5.65 Å². The highest BCUT2D eigenvalue weighted by molar-refractivity contribution is 5.43. The van der Waals surface area contributed by atoms with E-state index >= 15 is 0 Å². The van der Waals surface area contributed by atoms with E-state index in [-0.39, 0.29) is 0 Å². The molecule has 3 aromatic rings. The molecule has 0 saturated heterocycles. The Hall–Kier alpha value is -2.67. The summed E-state index contributed by atoms with van der Waals surface area (Å²) in [5, 5.41) is 17.2. The quantitative estimate of drug-likeness (QED) is 0.683. The Balaban J connectivity index is 2.05. The number of hydrogen-bond donors (Lipinski definition) is 0. The van der Waals surface area contributed by atoms with Crippen LogP contribution in [0.15, 0.2) is 48.7 Å². The number of nitrogens with zero attached hydrogens (tertiary/aromatic N) is 4. The van der Waals surface area contributed by atoms with Crippen molar-refractivity contribution < 1.29 is 0 Å². The second-order valence-electron chi connectivity index (χ2n) is 4.04. The van der Waals surface area contributed by atoms with Crippen molar-refractivity contribution in [2.75, 3.05) is 0 Å². The monoisotopic (exact) mass is 234 g/mol. The van der Waals surface area contributed by atoms with E-state index in [9.17, 15) is 0 Å². The number of pyridine rings is 1. The third-order valence-electron chi connectivity index (χ3n) is 2.81. The molecule has 18 heavy (non-hydrogen) atoms. The van der Waals surface area contributed by atoms with E-state index in [1.54, 1.807) is 18.3 Å². The first-order chi connectivity index (χ1) is 8.86. The molecular weight excluding hydrogens is 224 g/mol. The van der Waals surface area contributed by atoms with Crippen molar-refractivity contribution in [3.05, 3.63) is 65.6 Å². The van der Waals surface area contributed by atoms with Gasteiger partial charge in [-0.2, -0.15) is 5.26 Å². The van der Waals surface area contributed by atoms with Crippen molar-refractivity contribution >= 4 is 5.65 Å². The van der Waals surface area contributed by atoms with Crippen molar-refractivity contribution in [1.82, 2.24) is 14.6 Å². The highest BCUT2D eigenvalue weighted by Gasteiger charge is 2.06. The van der Waals surface area contributed by atoms with Crippen LogP contribution >= 0.6 is 0 Å². The van der Waals surface area contributed by atoms with Gasteiger partial charge in [0.15, 0.2) is 5.65 Å². The molecule has 4 nitrogen and oxygen atoms in total. The standard InChI is InChI=1S/C14H10N4/c15-9-12-6-7-13-16-17-14(18(13)10-12)8-11-4-2-1-3-5-11/h1-7,10H,8H2. The van der Waals surface area contributed by atoms with Crippen molar-refractivity contribution in [3.8, 4) is 6.07 Å². The molecule has 0 atom stereocenters. The Kier molecular flexibility index (Phi) is 2.50. The second-order valence-corrected chi connectivity index (χ2v) is 4.04. The summed E-state index contributed by atoms with van der Waals surface area (Å²) in [4.78, 5) is 0. The zero-order chi connectivity index (χ0) is 12.4. The van der Waals surface area contributed by atoms with Gasteiger partial charge in [-0.3, -0.25) is 4.40 Å². The second kappa shape index (κ2) is 4.30. The van der Waals surface area contributed by atoms with Gasteiger partial charge in [0, 0.05) is 12.6 Å². The van der Waals surface area contributed by atoms with Crippen LogP contribution in [-0.4, -0.2) is 14.6 Å². The fourth-order valence-electron chi connectivity index (χ4n) is 1.90. The summed E-state index contributed by atoms with van der Waals surface area (Å²) in [7, 11) is 0. The number of aromatic nitrogens is 3. The minimum Gasteiger partial charge on any atom is -0.285 e. The zero-order valence-corrected chi connectivity index (χ0v) is 9.61. The largest absolute Gasteiger partial charge is 0.285 e. The van der Waals surface area contributed by atoms with Gasteiger partial charge in [0.2, 0.25) is 0 Å². The summed E-state index contributed by atoms with van der Waals surface area (Å²) in [6.45, 7) is 0. The van der Waals surface area contributed by atoms with Crippen molar-refractivity contribution in [3.63, 3.8) is 0 Å². The molecule has 0 aliphatic heterocycles. The zero-order valence-electron chi connectivity index (χ0n) is 9.61. The molecule has 0 aliphatic rings. The Morgan fingerprint density at radius 3 is 2.67 bits per heavy atom. The molecule has 4 heteroatoms. The fraction of sp³-hybridized carbons (Fsp3) is 0.0714. The molecule has 0 spiro atoms. The van der Waals surface area contributed by atoms with Crippen molar-refractivity contribution in [2.24, 2.45) is 0 Å². The lowest BCUT2D eigenvalue weighted by molar-refractivity contribution is 0.933. The van der Waals surface area contributed by atoms with Gasteiger partial charge in [-0.1, -0.05) is 30.3 Å². The van der Waals surface area contributed by atoms with Crippen LogP contribution < -0.4 is 0 Å². The minimum atomic E-state index is 0.608. The molecule has 0 bridgehead atoms. The van der Waals surface area contributed by atoms with Gasteiger partial charge >= 0.3 is 0 Å². The normalized spacial score (nSPS) is 10.4. The summed E-state index contributed by atoms with van der Waals surface area (Å²) in [5.74, 6) is 0.841. The molecule has 86 valence electrons. The lowest BCUT2D eigenvalue weighted by Gasteiger charge is -2.00. The number of benzene rings is 1. The van der Waals surface area contributed by atoms with E-state index in [0.717, 1.165) is 11.5 Å². The average molecular weight is 234 g/mol. The van der Waals surface area contributed by atoms with E-state index in [0.29, 0.717) is 12.0 Å². The van der Waals surface area contributed by atoms with E-state index in [1.807, 2.05) is 22.6 Å². The predicted molar refractivity (Wildman–Crippen MR) is 67.0 cm³/mol. The van der Waals surface area contributed by atoms with E-state index in [1.165, 1.54) is 5.56 Å². The smallest absolute Gasteiger partial charge is 0.160 e. The first-order valence-corrected chi connectivity index (χ1v) is 5.64. The van der Waals surface area contributed by atoms with E-state index in [2.05, 4.69) is 28.4 Å². The van der Waals surface area contributed by atoms with Crippen molar-refractivity contribution in [1.29, 1.82) is 5.26 Å². The van der Waals surface area contributed by atoms with E-state index < -0.39 is 0 Å². The lowest BCUT2D eigenvalue weighted by atomic mass is 10.1. The topological polar surface area (TPSA) is 54.0 Å². The molecule has 2 heterocycles. The first-order valence-electron chi connectivity index (χ1n) is 5.64. The van der Waals surface area contributed by atoms with Crippen molar-refractivity contribution in [2.45, 2.75) is 6.42 Å². The lowest BCUT2D eigenvalue weighted by Crippen LogP contribution is -1.96. The summed E-state index contributed by atoms with van der Waals surface area (Å²) in [5.41, 5.74) is 2.55. The van der Waals surface area contributed by atoms with Gasteiger partial charge in [-0.25, -0.2) is 0 Å². The van der Waals surface area contributed by atoms with Crippen LogP contribution in [0.3, 0.4) is 0 Å². The minimum absolute atomic E-state index is 0.608. The summed E-state index contributed by atoms with van der Waals surface area (Å²) < 4.78 is 1.87. The van der Waals surface area contributed by atoms with Crippen LogP contribution in [0.1, 0.15) is 17.0 Å². The highest BCUT2D eigenvalue weighted by Crippen LogP contribution is 2.10. The third kappa shape index (κ3) is 1.82. The highest BCUT2D eigenvalue weighted by atomic mass is 15.2. The number of rotatable bonds is 2. The summed E-state index contributed by atoms with van der Waals surface area (Å²) in [6.07, 6.45) is 2.48. The van der Waals surface area contributed by atoms with Crippen LogP contribution in [-0.2, 0) is 6.42 Å². The Morgan fingerprint density at radius 2 is 1.89 bits per heavy atom. The molecule has 0 radical (unpaired) electrons. The Bertz CT molecular complexity index is 722. The van der Waals surface area contributed by atoms with Gasteiger partial charge in [0.25, 0.3) is 0 Å². The number of nitriles is 1. The first kappa shape index (κ1) is 10.5. The SMILES string of the molecule is N#Cc1ccc2nnc(Cc3ccccc3)n2c1. The van der Waals surface area contributed by atoms with Gasteiger partial charge < -0.3 is 0 Å². The van der Waals surface area contributed by atoms with Gasteiger partial charge in [0.1, 0.15) is 11.9 Å². The molecule has 3 rings (SSSR count). The molecule has 0 amide bonds. The Labute approximate surface area is 104 Å². The third-order valence-corrected chi connectivity index (χ3v) is 2.81. The molecule has 0 fully saturated rings. The van der Waals surface area contributed by atoms with Gasteiger partial charge in [-0.05, 0) is 17.7 Å². The molecular formula is C14H10N4. The predicted octanol–water partition coefficient (Wildman–Crippen LogP) is 2.19. The molecule has 2 aromatic heterocycles. The molecule has 0 aliphatic carbocycles. The maximum absolute atomic E-state index is 8.91. The Morgan fingerprint density at radius 1 is 1.06 bits per heavy atom.